The third-order valence-corrected chi connectivity index (χ3v) is 5.79. The predicted octanol–water partition coefficient (Wildman–Crippen LogP) is 2.42. The van der Waals surface area contributed by atoms with Crippen LogP contribution < -0.4 is 5.32 Å². The summed E-state index contributed by atoms with van der Waals surface area (Å²) in [5, 5.41) is 7.07. The molecule has 27 heavy (non-hydrogen) atoms. The molecule has 2 aromatic rings. The number of fused-ring (bicyclic) bond motifs is 1. The van der Waals surface area contributed by atoms with Gasteiger partial charge in [-0.3, -0.25) is 14.4 Å². The van der Waals surface area contributed by atoms with Crippen LogP contribution in [-0.4, -0.2) is 42.7 Å². The van der Waals surface area contributed by atoms with Crippen LogP contribution in [0.1, 0.15) is 24.8 Å². The van der Waals surface area contributed by atoms with Crippen LogP contribution in [0, 0.1) is 5.92 Å². The Labute approximate surface area is 158 Å². The van der Waals surface area contributed by atoms with Gasteiger partial charge in [0.2, 0.25) is 5.91 Å². The van der Waals surface area contributed by atoms with Gasteiger partial charge in [-0.05, 0) is 48.3 Å². The Morgan fingerprint density at radius 1 is 1.19 bits per heavy atom. The summed E-state index contributed by atoms with van der Waals surface area (Å²) in [7, 11) is 1.38. The summed E-state index contributed by atoms with van der Waals surface area (Å²) in [5.74, 6) is -0.955. The minimum atomic E-state index is -0.619. The molecule has 2 aromatic carbocycles. The van der Waals surface area contributed by atoms with Gasteiger partial charge in [-0.15, -0.1) is 0 Å². The maximum atomic E-state index is 12.7. The lowest BCUT2D eigenvalue weighted by molar-refractivity contribution is -0.226. The van der Waals surface area contributed by atoms with E-state index in [-0.39, 0.29) is 18.3 Å². The molecule has 2 saturated heterocycles. The van der Waals surface area contributed by atoms with Crippen molar-refractivity contribution in [2.24, 2.45) is 5.92 Å². The molecule has 6 nitrogen and oxygen atoms in total. The Hall–Kier alpha value is -2.44. The minimum absolute atomic E-state index is 0.143. The van der Waals surface area contributed by atoms with Gasteiger partial charge in [0.15, 0.2) is 0 Å². The van der Waals surface area contributed by atoms with E-state index in [9.17, 15) is 9.59 Å². The first kappa shape index (κ1) is 17.9. The van der Waals surface area contributed by atoms with Crippen LogP contribution in [0.3, 0.4) is 0 Å². The number of benzene rings is 2. The molecule has 2 heterocycles. The van der Waals surface area contributed by atoms with E-state index in [1.807, 2.05) is 18.2 Å². The number of carbonyl (C=O) groups excluding carboxylic acids is 2. The summed E-state index contributed by atoms with van der Waals surface area (Å²) in [5.41, 5.74) is 0.374. The summed E-state index contributed by atoms with van der Waals surface area (Å²) in [6.45, 7) is 1.78. The molecule has 0 saturated carbocycles. The largest absolute Gasteiger partial charge is 0.469 e. The number of ether oxygens (including phenoxy) is 1. The molecule has 6 heteroatoms. The molecule has 0 bridgehead atoms. The highest BCUT2D eigenvalue weighted by Crippen LogP contribution is 2.43. The minimum Gasteiger partial charge on any atom is -0.469 e. The SMILES string of the molecule is COC(=O)[C@H]1CC(=O)N(OCc2ccc3ccccc3c2)C12CCNCC2. The average Bonchev–Trinajstić information content (AvgIpc) is 2.97. The lowest BCUT2D eigenvalue weighted by Gasteiger charge is -2.42. The van der Waals surface area contributed by atoms with E-state index in [1.54, 1.807) is 0 Å². The fraction of sp³-hybridized carbons (Fsp3) is 0.429. The van der Waals surface area contributed by atoms with Gasteiger partial charge in [0.25, 0.3) is 0 Å². The van der Waals surface area contributed by atoms with Crippen molar-refractivity contribution in [3.8, 4) is 0 Å². The number of nitrogens with zero attached hydrogens (tertiary/aromatic N) is 1. The van der Waals surface area contributed by atoms with Crippen molar-refractivity contribution < 1.29 is 19.2 Å². The standard InChI is InChI=1S/C21H24N2O4/c1-26-20(25)18-13-19(24)23(21(18)8-10-22-11-9-21)27-14-15-6-7-16-4-2-3-5-17(16)12-15/h2-7,12,18,22H,8-11,13-14H2,1H3/t18-/m1/s1. The molecule has 0 aliphatic carbocycles. The molecule has 1 atom stereocenters. The van der Waals surface area contributed by atoms with Crippen LogP contribution >= 0.6 is 0 Å². The maximum Gasteiger partial charge on any atom is 0.311 e. The van der Waals surface area contributed by atoms with Gasteiger partial charge in [-0.2, -0.15) is 0 Å². The highest BCUT2D eigenvalue weighted by atomic mass is 16.7. The quantitative estimate of drug-likeness (QED) is 0.840. The van der Waals surface area contributed by atoms with Crippen molar-refractivity contribution in [3.63, 3.8) is 0 Å². The average molecular weight is 368 g/mol. The number of methoxy groups -OCH3 is 1. The van der Waals surface area contributed by atoms with Gasteiger partial charge < -0.3 is 10.1 Å². The van der Waals surface area contributed by atoms with E-state index < -0.39 is 11.5 Å². The van der Waals surface area contributed by atoms with Gasteiger partial charge in [-0.1, -0.05) is 36.4 Å². The second-order valence-electron chi connectivity index (χ2n) is 7.28. The summed E-state index contributed by atoms with van der Waals surface area (Å²) in [6, 6.07) is 14.3. The second kappa shape index (κ2) is 7.29. The summed E-state index contributed by atoms with van der Waals surface area (Å²) < 4.78 is 4.98. The van der Waals surface area contributed by atoms with Crippen molar-refractivity contribution in [1.29, 1.82) is 0 Å². The zero-order valence-electron chi connectivity index (χ0n) is 15.4. The Balaban J connectivity index is 1.56. The van der Waals surface area contributed by atoms with Crippen molar-refractivity contribution in [3.05, 3.63) is 48.0 Å². The number of hydrogen-bond donors (Lipinski definition) is 1. The molecular formula is C21H24N2O4. The van der Waals surface area contributed by atoms with Crippen LogP contribution in [0.4, 0.5) is 0 Å². The van der Waals surface area contributed by atoms with Crippen LogP contribution in [-0.2, 0) is 25.8 Å². The first-order valence-corrected chi connectivity index (χ1v) is 9.36. The number of amides is 1. The topological polar surface area (TPSA) is 67.9 Å². The van der Waals surface area contributed by atoms with Crippen molar-refractivity contribution in [2.75, 3.05) is 20.2 Å². The van der Waals surface area contributed by atoms with Crippen molar-refractivity contribution in [2.45, 2.75) is 31.4 Å². The van der Waals surface area contributed by atoms with E-state index >= 15 is 0 Å². The number of esters is 1. The first-order chi connectivity index (χ1) is 13.1. The maximum absolute atomic E-state index is 12.7. The van der Waals surface area contributed by atoms with Crippen LogP contribution in [0.15, 0.2) is 42.5 Å². The van der Waals surface area contributed by atoms with Gasteiger partial charge in [0, 0.05) is 6.42 Å². The zero-order chi connectivity index (χ0) is 18.9. The molecule has 4 rings (SSSR count). The molecule has 1 spiro atoms. The van der Waals surface area contributed by atoms with Crippen molar-refractivity contribution >= 4 is 22.6 Å². The van der Waals surface area contributed by atoms with Crippen LogP contribution in [0.2, 0.25) is 0 Å². The number of rotatable bonds is 4. The molecule has 0 radical (unpaired) electrons. The molecule has 1 N–H and O–H groups in total. The van der Waals surface area contributed by atoms with E-state index in [1.165, 1.54) is 17.6 Å². The van der Waals surface area contributed by atoms with E-state index in [2.05, 4.69) is 29.6 Å². The van der Waals surface area contributed by atoms with Crippen LogP contribution in [0.5, 0.6) is 0 Å². The van der Waals surface area contributed by atoms with Crippen LogP contribution in [0.25, 0.3) is 10.8 Å². The molecule has 0 aromatic heterocycles. The fourth-order valence-electron chi connectivity index (χ4n) is 4.36. The molecule has 2 fully saturated rings. The Morgan fingerprint density at radius 2 is 1.93 bits per heavy atom. The van der Waals surface area contributed by atoms with Gasteiger partial charge in [0.1, 0.15) is 6.61 Å². The molecule has 1 amide bonds. The monoisotopic (exact) mass is 368 g/mol. The summed E-state index contributed by atoms with van der Waals surface area (Å²) in [4.78, 5) is 31.0. The second-order valence-corrected chi connectivity index (χ2v) is 7.28. The van der Waals surface area contributed by atoms with Gasteiger partial charge in [-0.25, -0.2) is 5.06 Å². The van der Waals surface area contributed by atoms with E-state index in [0.29, 0.717) is 19.4 Å². The molecule has 142 valence electrons. The van der Waals surface area contributed by atoms with E-state index in [4.69, 9.17) is 9.57 Å². The van der Waals surface area contributed by atoms with Gasteiger partial charge in [0.05, 0.1) is 18.6 Å². The third-order valence-electron chi connectivity index (χ3n) is 5.79. The number of nitrogens with one attached hydrogen (secondary N) is 1. The Morgan fingerprint density at radius 3 is 2.67 bits per heavy atom. The Kier molecular flexibility index (Phi) is 4.85. The van der Waals surface area contributed by atoms with E-state index in [0.717, 1.165) is 24.0 Å². The molecule has 0 unspecified atom stereocenters. The number of hydroxylamine groups is 2. The smallest absolute Gasteiger partial charge is 0.311 e. The molecular weight excluding hydrogens is 344 g/mol. The number of piperidine rings is 1. The summed E-state index contributed by atoms with van der Waals surface area (Å²) >= 11 is 0. The molecule has 2 aliphatic rings. The highest BCUT2D eigenvalue weighted by molar-refractivity contribution is 5.88. The lowest BCUT2D eigenvalue weighted by atomic mass is 9.78. The normalized spacial score (nSPS) is 21.7. The zero-order valence-corrected chi connectivity index (χ0v) is 15.4. The first-order valence-electron chi connectivity index (χ1n) is 9.36. The van der Waals surface area contributed by atoms with Gasteiger partial charge >= 0.3 is 5.97 Å². The summed E-state index contributed by atoms with van der Waals surface area (Å²) in [6.07, 6.45) is 1.50. The van der Waals surface area contributed by atoms with Crippen molar-refractivity contribution in [1.82, 2.24) is 10.4 Å². The molecule has 2 aliphatic heterocycles. The number of hydrogen-bond acceptors (Lipinski definition) is 5. The predicted molar refractivity (Wildman–Crippen MR) is 101 cm³/mol. The number of carbonyl (C=O) groups is 2. The highest BCUT2D eigenvalue weighted by Gasteiger charge is 2.57. The third kappa shape index (κ3) is 3.19. The Bertz CT molecular complexity index is 860. The fourth-order valence-corrected chi connectivity index (χ4v) is 4.36. The lowest BCUT2D eigenvalue weighted by Crippen LogP contribution is -2.56.